The number of rotatable bonds is 3. The lowest BCUT2D eigenvalue weighted by Gasteiger charge is -2.05. The lowest BCUT2D eigenvalue weighted by Crippen LogP contribution is -2.30. The molecule has 7 nitrogen and oxygen atoms in total. The van der Waals surface area contributed by atoms with E-state index in [0.29, 0.717) is 0 Å². The molecule has 1 rings (SSSR count). The standard InChI is InChI=1S/C5H9NO6S/c7-5(8)4-1-3(2-6-4)12-13(9,10)11/h3-4,6H,1-2H2,(H,7,8)(H,9,10,11)/t3?,4-/m0/s1. The van der Waals surface area contributed by atoms with Gasteiger partial charge in [0.25, 0.3) is 0 Å². The Bertz CT molecular complexity index is 298. The van der Waals surface area contributed by atoms with Crippen molar-refractivity contribution in [1.29, 1.82) is 0 Å². The van der Waals surface area contributed by atoms with E-state index in [4.69, 9.17) is 9.66 Å². The fourth-order valence-electron chi connectivity index (χ4n) is 1.14. The van der Waals surface area contributed by atoms with Crippen molar-refractivity contribution in [3.05, 3.63) is 0 Å². The fourth-order valence-corrected chi connectivity index (χ4v) is 1.63. The van der Waals surface area contributed by atoms with Crippen LogP contribution in [0.2, 0.25) is 0 Å². The van der Waals surface area contributed by atoms with E-state index >= 15 is 0 Å². The smallest absolute Gasteiger partial charge is 0.397 e. The van der Waals surface area contributed by atoms with Gasteiger partial charge in [0.2, 0.25) is 0 Å². The molecule has 1 heterocycles. The zero-order chi connectivity index (χ0) is 10.1. The normalized spacial score (nSPS) is 29.0. The molecule has 76 valence electrons. The minimum absolute atomic E-state index is 0.0229. The average Bonchev–Trinajstić information content (AvgIpc) is 2.31. The van der Waals surface area contributed by atoms with E-state index in [0.717, 1.165) is 0 Å². The lowest BCUT2D eigenvalue weighted by molar-refractivity contribution is -0.139. The molecule has 0 aromatic rings. The van der Waals surface area contributed by atoms with E-state index in [-0.39, 0.29) is 13.0 Å². The Morgan fingerprint density at radius 3 is 2.54 bits per heavy atom. The molecule has 0 spiro atoms. The maximum absolute atomic E-state index is 10.4. The maximum Gasteiger partial charge on any atom is 0.397 e. The van der Waals surface area contributed by atoms with E-state index in [2.05, 4.69) is 9.50 Å². The third kappa shape index (κ3) is 3.27. The van der Waals surface area contributed by atoms with Crippen LogP contribution in [0.1, 0.15) is 6.42 Å². The van der Waals surface area contributed by atoms with Crippen molar-refractivity contribution >= 4 is 16.4 Å². The Labute approximate surface area is 74.6 Å². The molecule has 3 N–H and O–H groups in total. The van der Waals surface area contributed by atoms with Gasteiger partial charge in [-0.15, -0.1) is 0 Å². The van der Waals surface area contributed by atoms with Crippen molar-refractivity contribution in [3.8, 4) is 0 Å². The number of carboxylic acid groups (broad SMARTS) is 1. The summed E-state index contributed by atoms with van der Waals surface area (Å²) in [5.41, 5.74) is 0. The molecule has 0 saturated carbocycles. The number of hydrogen-bond donors (Lipinski definition) is 3. The summed E-state index contributed by atoms with van der Waals surface area (Å²) in [5.74, 6) is -1.07. The summed E-state index contributed by atoms with van der Waals surface area (Å²) >= 11 is 0. The van der Waals surface area contributed by atoms with Gasteiger partial charge in [0.1, 0.15) is 6.04 Å². The van der Waals surface area contributed by atoms with Crippen LogP contribution in [0.4, 0.5) is 0 Å². The van der Waals surface area contributed by atoms with Crippen LogP contribution in [-0.2, 0) is 19.4 Å². The predicted octanol–water partition coefficient (Wildman–Crippen LogP) is -1.38. The lowest BCUT2D eigenvalue weighted by atomic mass is 10.2. The molecule has 0 aliphatic carbocycles. The van der Waals surface area contributed by atoms with Crippen LogP contribution in [0.15, 0.2) is 0 Å². The summed E-state index contributed by atoms with van der Waals surface area (Å²) in [5, 5.41) is 11.0. The van der Waals surface area contributed by atoms with Gasteiger partial charge >= 0.3 is 16.4 Å². The molecular weight excluding hydrogens is 202 g/mol. The van der Waals surface area contributed by atoms with Crippen LogP contribution < -0.4 is 5.32 Å². The molecule has 1 fully saturated rings. The van der Waals surface area contributed by atoms with Crippen LogP contribution in [0.25, 0.3) is 0 Å². The summed E-state index contributed by atoms with van der Waals surface area (Å²) in [4.78, 5) is 10.4. The van der Waals surface area contributed by atoms with Crippen LogP contribution in [0.5, 0.6) is 0 Å². The molecule has 8 heteroatoms. The molecule has 0 aromatic heterocycles. The number of aliphatic carboxylic acids is 1. The Balaban J connectivity index is 2.47. The number of carbonyl (C=O) groups is 1. The highest BCUT2D eigenvalue weighted by Gasteiger charge is 2.32. The molecule has 2 atom stereocenters. The minimum atomic E-state index is -4.49. The summed E-state index contributed by atoms with van der Waals surface area (Å²) in [6.07, 6.45) is -0.786. The largest absolute Gasteiger partial charge is 0.480 e. The van der Waals surface area contributed by atoms with Crippen LogP contribution >= 0.6 is 0 Å². The zero-order valence-electron chi connectivity index (χ0n) is 6.50. The van der Waals surface area contributed by atoms with Crippen molar-refractivity contribution in [1.82, 2.24) is 5.32 Å². The second kappa shape index (κ2) is 3.58. The highest BCUT2D eigenvalue weighted by Crippen LogP contribution is 2.12. The third-order valence-corrected chi connectivity index (χ3v) is 2.16. The zero-order valence-corrected chi connectivity index (χ0v) is 7.32. The van der Waals surface area contributed by atoms with E-state index < -0.39 is 28.5 Å². The molecule has 1 unspecified atom stereocenters. The SMILES string of the molecule is O=C(O)[C@@H]1CC(OS(=O)(=O)O)CN1. The molecular formula is C5H9NO6S. The molecule has 1 aliphatic rings. The number of carboxylic acids is 1. The molecule has 0 aromatic carbocycles. The van der Waals surface area contributed by atoms with Crippen molar-refractivity contribution in [3.63, 3.8) is 0 Å². The second-order valence-electron chi connectivity index (χ2n) is 2.68. The molecule has 13 heavy (non-hydrogen) atoms. The molecule has 0 bridgehead atoms. The number of nitrogens with one attached hydrogen (secondary N) is 1. The summed E-state index contributed by atoms with van der Waals surface area (Å²) < 4.78 is 32.9. The first-order valence-corrected chi connectivity index (χ1v) is 4.87. The van der Waals surface area contributed by atoms with Crippen molar-refractivity contribution in [2.45, 2.75) is 18.6 Å². The third-order valence-electron chi connectivity index (χ3n) is 1.65. The maximum atomic E-state index is 10.4. The van der Waals surface area contributed by atoms with Crippen molar-refractivity contribution < 1.29 is 27.1 Å². The van der Waals surface area contributed by atoms with Gasteiger partial charge in [-0.3, -0.25) is 9.35 Å². The predicted molar refractivity (Wildman–Crippen MR) is 40.5 cm³/mol. The summed E-state index contributed by atoms with van der Waals surface area (Å²) in [7, 11) is -4.49. The van der Waals surface area contributed by atoms with Gasteiger partial charge in [0.15, 0.2) is 0 Å². The molecule has 1 saturated heterocycles. The van der Waals surface area contributed by atoms with E-state index in [9.17, 15) is 13.2 Å². The Kier molecular flexibility index (Phi) is 2.86. The first-order valence-electron chi connectivity index (χ1n) is 3.50. The molecule has 0 amide bonds. The Morgan fingerprint density at radius 2 is 2.15 bits per heavy atom. The van der Waals surface area contributed by atoms with Gasteiger partial charge < -0.3 is 10.4 Å². The monoisotopic (exact) mass is 211 g/mol. The fraction of sp³-hybridized carbons (Fsp3) is 0.800. The summed E-state index contributed by atoms with van der Waals surface area (Å²) in [6, 6.07) is -0.813. The summed E-state index contributed by atoms with van der Waals surface area (Å²) in [6.45, 7) is 0.0940. The minimum Gasteiger partial charge on any atom is -0.480 e. The highest BCUT2D eigenvalue weighted by molar-refractivity contribution is 7.80. The topological polar surface area (TPSA) is 113 Å². The number of hydrogen-bond acceptors (Lipinski definition) is 5. The average molecular weight is 211 g/mol. The van der Waals surface area contributed by atoms with Crippen LogP contribution in [-0.4, -0.2) is 42.7 Å². The molecule has 1 aliphatic heterocycles. The van der Waals surface area contributed by atoms with Crippen molar-refractivity contribution in [2.75, 3.05) is 6.54 Å². The first kappa shape index (κ1) is 10.4. The first-order chi connectivity index (χ1) is 5.88. The van der Waals surface area contributed by atoms with Gasteiger partial charge in [0, 0.05) is 13.0 Å². The van der Waals surface area contributed by atoms with Gasteiger partial charge in [-0.05, 0) is 0 Å². The molecule has 0 radical (unpaired) electrons. The van der Waals surface area contributed by atoms with E-state index in [1.165, 1.54) is 0 Å². The van der Waals surface area contributed by atoms with Gasteiger partial charge in [-0.1, -0.05) is 0 Å². The Hall–Kier alpha value is -0.700. The van der Waals surface area contributed by atoms with Gasteiger partial charge in [-0.25, -0.2) is 4.18 Å². The van der Waals surface area contributed by atoms with Crippen LogP contribution in [0, 0.1) is 0 Å². The highest BCUT2D eigenvalue weighted by atomic mass is 32.3. The van der Waals surface area contributed by atoms with Gasteiger partial charge in [0.05, 0.1) is 6.10 Å². The Morgan fingerprint density at radius 1 is 1.54 bits per heavy atom. The van der Waals surface area contributed by atoms with E-state index in [1.54, 1.807) is 0 Å². The van der Waals surface area contributed by atoms with Crippen LogP contribution in [0.3, 0.4) is 0 Å². The van der Waals surface area contributed by atoms with Gasteiger partial charge in [-0.2, -0.15) is 8.42 Å². The second-order valence-corrected chi connectivity index (χ2v) is 3.73. The van der Waals surface area contributed by atoms with Crippen molar-refractivity contribution in [2.24, 2.45) is 0 Å². The quantitative estimate of drug-likeness (QED) is 0.493. The van der Waals surface area contributed by atoms with E-state index in [1.807, 2.05) is 0 Å².